The Morgan fingerprint density at radius 2 is 0.833 bits per heavy atom. The molecule has 9 amide bonds. The van der Waals surface area contributed by atoms with Crippen LogP contribution in [0.4, 0.5) is 59.5 Å². The van der Waals surface area contributed by atoms with Crippen molar-refractivity contribution in [1.82, 2.24) is 84.4 Å². The number of likely N-dealkylation sites (N-methyl/N-ethyl adjacent to an activating group) is 1. The van der Waals surface area contributed by atoms with Gasteiger partial charge >= 0.3 is 30.3 Å². The number of anilines is 4. The highest BCUT2D eigenvalue weighted by Gasteiger charge is 2.61. The van der Waals surface area contributed by atoms with E-state index in [0.717, 1.165) is 153 Å². The Labute approximate surface area is 806 Å². The first-order valence-corrected chi connectivity index (χ1v) is 47.6. The molecule has 4 aliphatic heterocycles. The Bertz CT molecular complexity index is 5640. The average molecular weight is 1890 g/mol. The molecule has 0 bridgehead atoms. The second-order valence-corrected chi connectivity index (χ2v) is 38.9. The van der Waals surface area contributed by atoms with E-state index in [-0.39, 0.29) is 105 Å². The number of methoxy groups -OCH3 is 3. The van der Waals surface area contributed by atoms with Crippen LogP contribution in [0.5, 0.6) is 5.88 Å². The zero-order valence-electron chi connectivity index (χ0n) is 81.3. The normalized spacial score (nSPS) is 25.3. The van der Waals surface area contributed by atoms with E-state index in [4.69, 9.17) is 24.7 Å². The van der Waals surface area contributed by atoms with Crippen molar-refractivity contribution in [2.24, 2.45) is 5.92 Å². The smallest absolute Gasteiger partial charge is 0.451 e. The maximum atomic E-state index is 14.1. The Morgan fingerprint density at radius 3 is 1.24 bits per heavy atom. The fourth-order valence-corrected chi connectivity index (χ4v) is 22.6. The SMILES string of the molecule is CN(C)C(=O)CN1C(=O)N(c2cnc(C#N)nc2)CC12CCC(c1ccccc1)(N(C)C)CC2.CNC1(c2ccccc2)CCC2(CC1)CN(c1cnc(C(F)(F)F)nc1)C(=O)N2CC1CCC1.COCCCCN1C(=O)N(c2cnc(C#N)nc2)CC12CCC(c1cccc(F)c1)(N(C)C)CC2.COCCCN1C(=O)N(c2cnc(C#N)nc2OC)CC12CCC(c1ccccc1)(N(C)C)CC2. The molecule has 36 heteroatoms. The van der Waals surface area contributed by atoms with Gasteiger partial charge in [0.1, 0.15) is 36.3 Å². The summed E-state index contributed by atoms with van der Waals surface area (Å²) in [6, 6.07) is 43.7. The van der Waals surface area contributed by atoms with E-state index < -0.39 is 17.5 Å². The molecule has 17 rings (SSSR count). The number of hydrogen-bond donors (Lipinski definition) is 1. The van der Waals surface area contributed by atoms with Crippen LogP contribution in [0.2, 0.25) is 0 Å². The fourth-order valence-electron chi connectivity index (χ4n) is 22.6. The number of hydrogen-bond acceptors (Lipinski definition) is 23. The van der Waals surface area contributed by atoms with Crippen LogP contribution in [0.1, 0.15) is 187 Å². The molecule has 4 aromatic heterocycles. The van der Waals surface area contributed by atoms with Crippen LogP contribution in [0.15, 0.2) is 159 Å². The molecule has 0 atom stereocenters. The van der Waals surface area contributed by atoms with Gasteiger partial charge in [-0.3, -0.25) is 39.1 Å². The summed E-state index contributed by atoms with van der Waals surface area (Å²) in [6.45, 7) is 5.21. The Morgan fingerprint density at radius 1 is 0.457 bits per heavy atom. The summed E-state index contributed by atoms with van der Waals surface area (Å²) in [5, 5.41) is 30.8. The van der Waals surface area contributed by atoms with Crippen molar-refractivity contribution < 1.29 is 55.7 Å². The molecular weight excluding hydrogens is 1770 g/mol. The van der Waals surface area contributed by atoms with Crippen molar-refractivity contribution in [2.75, 3.05) is 170 Å². The van der Waals surface area contributed by atoms with E-state index in [0.29, 0.717) is 87.7 Å². The van der Waals surface area contributed by atoms with E-state index in [1.807, 2.05) is 84.4 Å². The molecule has 732 valence electrons. The van der Waals surface area contributed by atoms with Crippen molar-refractivity contribution >= 4 is 52.8 Å². The number of aromatic nitrogens is 8. The Balaban J connectivity index is 0.000000147. The number of urea groups is 4. The highest BCUT2D eigenvalue weighted by atomic mass is 19.4. The van der Waals surface area contributed by atoms with Gasteiger partial charge in [0.2, 0.25) is 35.1 Å². The topological polar surface area (TPSA) is 338 Å². The number of nitrogens with one attached hydrogen (secondary N) is 1. The summed E-state index contributed by atoms with van der Waals surface area (Å²) in [6.07, 6.45) is 24.6. The Hall–Kier alpha value is -12.5. The fraction of sp³-hybridized carbons (Fsp3) is 0.529. The van der Waals surface area contributed by atoms with Gasteiger partial charge in [0, 0.05) is 83.3 Å². The van der Waals surface area contributed by atoms with Crippen LogP contribution in [0.3, 0.4) is 0 Å². The van der Waals surface area contributed by atoms with E-state index >= 15 is 0 Å². The predicted octanol–water partition coefficient (Wildman–Crippen LogP) is 14.7. The quantitative estimate of drug-likeness (QED) is 0.0389. The maximum absolute atomic E-state index is 14.1. The summed E-state index contributed by atoms with van der Waals surface area (Å²) < 4.78 is 68.9. The van der Waals surface area contributed by atoms with E-state index in [2.05, 4.69) is 155 Å². The molecule has 1 N–H and O–H groups in total. The second-order valence-electron chi connectivity index (χ2n) is 38.9. The van der Waals surface area contributed by atoms with Crippen molar-refractivity contribution in [3.63, 3.8) is 0 Å². The second kappa shape index (κ2) is 42.9. The van der Waals surface area contributed by atoms with E-state index in [1.165, 1.54) is 59.8 Å². The molecule has 4 saturated heterocycles. The van der Waals surface area contributed by atoms with Crippen molar-refractivity contribution in [1.29, 1.82) is 15.8 Å². The Kier molecular flexibility index (Phi) is 31.5. The molecule has 0 radical (unpaired) electrons. The first kappa shape index (κ1) is 101. The number of nitriles is 3. The molecule has 5 saturated carbocycles. The summed E-state index contributed by atoms with van der Waals surface area (Å²) in [5.41, 5.74) is 4.68. The molecule has 138 heavy (non-hydrogen) atoms. The molecule has 9 fully saturated rings. The molecule has 32 nitrogen and oxygen atoms in total. The molecule has 4 aromatic carbocycles. The first-order valence-electron chi connectivity index (χ1n) is 47.6. The van der Waals surface area contributed by atoms with Gasteiger partial charge < -0.3 is 44.0 Å². The standard InChI is InChI=1S/C26H33FN6O2.C26H34N6O3.C25H30F3N5O.C25H31N7O2/c1-31(2)26(20-7-6-8-21(27)15-20)11-9-25(10-12-26)19-32(22-17-29-23(16-28)30-18-22)24(34)33(25)13-4-5-14-35-3;1-30(2)26(20-9-6-5-7-10-20)13-11-25(12-14-26)19-31(24(33)32(25)15-8-16-34-3)21-18-28-22(17-27)29-23(21)35-4;1-29-24(19-8-3-2-4-9-19)12-10-23(11-13-24)17-32(22(34)33(23)16-18-6-5-7-18)20-14-30-21(31-15-20)25(26,27)28;1-29(2)22(33)17-32-23(34)31(20-15-27-21(14-26)28-16-20)18-24(32)10-12-25(13-11-24,30(3)4)19-8-6-5-7-9-19/h6-8,15,17-18H,4-5,9-14,19H2,1-3H3;5-7,9-10,18H,8,11-16,19H2,1-4H3;2-4,8-9,14-15,18,29H,5-7,10-13,16-17H2,1H3;5-9,15-16H,10-13,17-18H2,1-4H3. The van der Waals surface area contributed by atoms with Crippen LogP contribution in [0, 0.1) is 45.7 Å². The van der Waals surface area contributed by atoms with Crippen molar-refractivity contribution in [3.05, 3.63) is 210 Å². The summed E-state index contributed by atoms with van der Waals surface area (Å²) in [7, 11) is 22.9. The first-order chi connectivity index (χ1) is 66.2. The number of carbonyl (C=O) groups is 5. The molecule has 5 aliphatic carbocycles. The number of halogens is 4. The summed E-state index contributed by atoms with van der Waals surface area (Å²) in [4.78, 5) is 122. The molecular formula is C102H128F4N24O8. The van der Waals surface area contributed by atoms with Crippen molar-refractivity contribution in [2.45, 2.75) is 192 Å². The largest absolute Gasteiger partial charge is 0.479 e. The third-order valence-electron chi connectivity index (χ3n) is 31.2. The van der Waals surface area contributed by atoms with Crippen LogP contribution >= 0.6 is 0 Å². The van der Waals surface area contributed by atoms with Gasteiger partial charge in [0.25, 0.3) is 0 Å². The lowest BCUT2D eigenvalue weighted by molar-refractivity contribution is -0.145. The van der Waals surface area contributed by atoms with Gasteiger partial charge in [0.15, 0.2) is 0 Å². The van der Waals surface area contributed by atoms with E-state index in [9.17, 15) is 46.8 Å². The highest BCUT2D eigenvalue weighted by Crippen LogP contribution is 2.55. The van der Waals surface area contributed by atoms with Gasteiger partial charge in [-0.05, 0) is 224 Å². The number of rotatable bonds is 26. The van der Waals surface area contributed by atoms with Gasteiger partial charge in [-0.1, -0.05) is 110 Å². The van der Waals surface area contributed by atoms with Crippen LogP contribution in [0.25, 0.3) is 0 Å². The lowest BCUT2D eigenvalue weighted by Crippen LogP contribution is -2.57. The summed E-state index contributed by atoms with van der Waals surface area (Å²) >= 11 is 0. The van der Waals surface area contributed by atoms with Gasteiger partial charge in [-0.25, -0.2) is 58.5 Å². The predicted molar refractivity (Wildman–Crippen MR) is 513 cm³/mol. The number of ether oxygens (including phenoxy) is 3. The summed E-state index contributed by atoms with van der Waals surface area (Å²) in [5.74, 6) is -0.652. The van der Waals surface area contributed by atoms with Gasteiger partial charge in [-0.2, -0.15) is 33.9 Å². The number of amides is 9. The van der Waals surface area contributed by atoms with Crippen LogP contribution in [-0.2, 0) is 42.6 Å². The lowest BCUT2D eigenvalue weighted by Gasteiger charge is -2.51. The number of alkyl halides is 3. The molecule has 8 aromatic rings. The third kappa shape index (κ3) is 20.5. The monoisotopic (exact) mass is 1890 g/mol. The van der Waals surface area contributed by atoms with Gasteiger partial charge in [-0.15, -0.1) is 0 Å². The number of benzene rings is 4. The van der Waals surface area contributed by atoms with Crippen molar-refractivity contribution in [3.8, 4) is 24.1 Å². The minimum Gasteiger partial charge on any atom is -0.479 e. The van der Waals surface area contributed by atoms with Crippen LogP contribution in [-0.4, -0.2) is 282 Å². The minimum atomic E-state index is -4.61. The lowest BCUT2D eigenvalue weighted by atomic mass is 9.68. The molecule has 9 aliphatic rings. The third-order valence-corrected chi connectivity index (χ3v) is 31.2. The minimum absolute atomic E-state index is 0.0141. The zero-order valence-corrected chi connectivity index (χ0v) is 81.3. The number of nitrogens with zero attached hydrogens (tertiary/aromatic N) is 23. The number of unbranched alkanes of at least 4 members (excludes halogenated alkanes) is 1. The van der Waals surface area contributed by atoms with Gasteiger partial charge in [0.05, 0.1) is 116 Å². The van der Waals surface area contributed by atoms with E-state index in [1.54, 1.807) is 77.3 Å². The molecule has 4 spiro atoms. The zero-order chi connectivity index (χ0) is 98.6. The molecule has 8 heterocycles. The van der Waals surface area contributed by atoms with Crippen LogP contribution < -0.4 is 29.7 Å². The maximum Gasteiger partial charge on any atom is 0.451 e. The molecule has 0 unspecified atom stereocenters. The highest BCUT2D eigenvalue weighted by molar-refractivity contribution is 5.99. The number of carbonyl (C=O) groups excluding carboxylic acids is 5. The average Bonchev–Trinajstić information content (AvgIpc) is 1.60.